The predicted octanol–water partition coefficient (Wildman–Crippen LogP) is 4.61. The number of hydrogen-bond donors (Lipinski definition) is 0. The van der Waals surface area contributed by atoms with Crippen molar-refractivity contribution in [3.8, 4) is 11.1 Å². The first-order valence-corrected chi connectivity index (χ1v) is 8.23. The Balaban J connectivity index is 2.46. The van der Waals surface area contributed by atoms with Gasteiger partial charge in [-0.05, 0) is 55.2 Å². The van der Waals surface area contributed by atoms with E-state index in [0.717, 1.165) is 39.8 Å². The monoisotopic (exact) mass is 326 g/mol. The van der Waals surface area contributed by atoms with Gasteiger partial charge in [0, 0.05) is 28.7 Å². The number of fused-ring (bicyclic) bond motifs is 1. The number of nitrogens with zero attached hydrogens (tertiary/aromatic N) is 2. The van der Waals surface area contributed by atoms with Crippen molar-refractivity contribution in [1.82, 2.24) is 9.55 Å². The van der Waals surface area contributed by atoms with E-state index in [-0.39, 0.29) is 5.56 Å². The molecule has 0 N–H and O–H groups in total. The lowest BCUT2D eigenvalue weighted by molar-refractivity contribution is 0.747. The summed E-state index contributed by atoms with van der Waals surface area (Å²) in [5.74, 6) is 0. The second-order valence-corrected chi connectivity index (χ2v) is 6.07. The zero-order chi connectivity index (χ0) is 16.6. The van der Waals surface area contributed by atoms with Crippen LogP contribution in [0.5, 0.6) is 0 Å². The third-order valence-electron chi connectivity index (χ3n) is 4.12. The number of benzene rings is 1. The van der Waals surface area contributed by atoms with Crippen LogP contribution in [0.15, 0.2) is 41.2 Å². The first-order valence-electron chi connectivity index (χ1n) is 7.85. The Morgan fingerprint density at radius 1 is 1.17 bits per heavy atom. The quantitative estimate of drug-likeness (QED) is 0.704. The van der Waals surface area contributed by atoms with Gasteiger partial charge in [-0.15, -0.1) is 0 Å². The largest absolute Gasteiger partial charge is 0.293 e. The number of aromatic nitrogens is 2. The van der Waals surface area contributed by atoms with Gasteiger partial charge in [0.25, 0.3) is 5.56 Å². The van der Waals surface area contributed by atoms with E-state index >= 15 is 0 Å². The molecule has 3 nitrogen and oxygen atoms in total. The summed E-state index contributed by atoms with van der Waals surface area (Å²) in [7, 11) is 0. The first kappa shape index (κ1) is 15.8. The van der Waals surface area contributed by atoms with Gasteiger partial charge in [-0.25, -0.2) is 4.98 Å². The van der Waals surface area contributed by atoms with Gasteiger partial charge in [0.05, 0.1) is 0 Å². The lowest BCUT2D eigenvalue weighted by atomic mass is 9.99. The molecule has 3 aromatic rings. The molecule has 0 spiro atoms. The molecule has 0 saturated heterocycles. The van der Waals surface area contributed by atoms with E-state index in [1.165, 1.54) is 0 Å². The average molecular weight is 327 g/mol. The molecule has 0 aliphatic carbocycles. The highest BCUT2D eigenvalue weighted by Crippen LogP contribution is 2.31. The highest BCUT2D eigenvalue weighted by molar-refractivity contribution is 6.30. The molecular weight excluding hydrogens is 308 g/mol. The van der Waals surface area contributed by atoms with Gasteiger partial charge in [-0.3, -0.25) is 9.36 Å². The second kappa shape index (κ2) is 6.17. The lowest BCUT2D eigenvalue weighted by Gasteiger charge is -2.15. The molecule has 1 aromatic carbocycles. The molecule has 23 heavy (non-hydrogen) atoms. The molecule has 0 saturated carbocycles. The minimum absolute atomic E-state index is 0.0323. The molecule has 2 aromatic heterocycles. The molecule has 4 heteroatoms. The summed E-state index contributed by atoms with van der Waals surface area (Å²) < 4.78 is 1.73. The van der Waals surface area contributed by atoms with Crippen LogP contribution in [0.4, 0.5) is 0 Å². The minimum Gasteiger partial charge on any atom is -0.293 e. The van der Waals surface area contributed by atoms with Crippen LogP contribution in [0.3, 0.4) is 0 Å². The molecule has 3 rings (SSSR count). The predicted molar refractivity (Wildman–Crippen MR) is 96.2 cm³/mol. The fourth-order valence-electron chi connectivity index (χ4n) is 3.00. The summed E-state index contributed by atoms with van der Waals surface area (Å²) in [5, 5.41) is 1.68. The van der Waals surface area contributed by atoms with Crippen LogP contribution in [0.25, 0.3) is 22.2 Å². The SMILES string of the molecule is CCc1cc(C)c2c(-c3cccc(Cl)c3)cc(=O)n(CC)c2n1. The Bertz CT molecular complexity index is 944. The molecule has 0 aliphatic heterocycles. The molecule has 0 amide bonds. The normalized spacial score (nSPS) is 11.1. The van der Waals surface area contributed by atoms with E-state index < -0.39 is 0 Å². The number of pyridine rings is 2. The summed E-state index contributed by atoms with van der Waals surface area (Å²) in [6.45, 7) is 6.71. The van der Waals surface area contributed by atoms with Crippen LogP contribution >= 0.6 is 11.6 Å². The smallest absolute Gasteiger partial charge is 0.252 e. The molecule has 0 fully saturated rings. The van der Waals surface area contributed by atoms with E-state index in [9.17, 15) is 4.79 Å². The topological polar surface area (TPSA) is 34.9 Å². The maximum absolute atomic E-state index is 12.5. The minimum atomic E-state index is -0.0323. The molecule has 2 heterocycles. The van der Waals surface area contributed by atoms with Crippen LogP contribution < -0.4 is 5.56 Å². The number of halogens is 1. The zero-order valence-electron chi connectivity index (χ0n) is 13.6. The van der Waals surface area contributed by atoms with Gasteiger partial charge in [0.2, 0.25) is 0 Å². The average Bonchev–Trinajstić information content (AvgIpc) is 2.53. The van der Waals surface area contributed by atoms with E-state index in [0.29, 0.717) is 11.6 Å². The second-order valence-electron chi connectivity index (χ2n) is 5.63. The summed E-state index contributed by atoms with van der Waals surface area (Å²) >= 11 is 6.13. The van der Waals surface area contributed by atoms with E-state index in [2.05, 4.69) is 19.9 Å². The molecule has 0 unspecified atom stereocenters. The standard InChI is InChI=1S/C19H19ClN2O/c1-4-15-9-12(3)18-16(13-7-6-8-14(20)10-13)11-17(23)22(5-2)19(18)21-15/h6-11H,4-5H2,1-3H3. The summed E-state index contributed by atoms with van der Waals surface area (Å²) in [6, 6.07) is 11.4. The van der Waals surface area contributed by atoms with Crippen molar-refractivity contribution in [2.45, 2.75) is 33.7 Å². The highest BCUT2D eigenvalue weighted by atomic mass is 35.5. The third-order valence-corrected chi connectivity index (χ3v) is 4.36. The maximum Gasteiger partial charge on any atom is 0.252 e. The third kappa shape index (κ3) is 2.77. The fourth-order valence-corrected chi connectivity index (χ4v) is 3.19. The molecule has 0 bridgehead atoms. The van der Waals surface area contributed by atoms with E-state index in [4.69, 9.17) is 16.6 Å². The number of hydrogen-bond acceptors (Lipinski definition) is 2. The van der Waals surface area contributed by atoms with Crippen LogP contribution in [0.1, 0.15) is 25.1 Å². The highest BCUT2D eigenvalue weighted by Gasteiger charge is 2.14. The van der Waals surface area contributed by atoms with Crippen molar-refractivity contribution in [3.63, 3.8) is 0 Å². The van der Waals surface area contributed by atoms with E-state index in [1.54, 1.807) is 10.6 Å². The Morgan fingerprint density at radius 2 is 1.96 bits per heavy atom. The van der Waals surface area contributed by atoms with Crippen molar-refractivity contribution in [2.24, 2.45) is 0 Å². The van der Waals surface area contributed by atoms with Crippen molar-refractivity contribution >= 4 is 22.6 Å². The fraction of sp³-hybridized carbons (Fsp3) is 0.263. The summed E-state index contributed by atoms with van der Waals surface area (Å²) in [4.78, 5) is 17.3. The van der Waals surface area contributed by atoms with Crippen molar-refractivity contribution in [3.05, 3.63) is 63.0 Å². The van der Waals surface area contributed by atoms with Crippen LogP contribution in [0, 0.1) is 6.92 Å². The first-order chi connectivity index (χ1) is 11.0. The van der Waals surface area contributed by atoms with Crippen LogP contribution in [-0.4, -0.2) is 9.55 Å². The van der Waals surface area contributed by atoms with Gasteiger partial charge < -0.3 is 0 Å². The van der Waals surface area contributed by atoms with Crippen LogP contribution in [-0.2, 0) is 13.0 Å². The molecule has 0 aliphatic rings. The Labute approximate surface area is 140 Å². The van der Waals surface area contributed by atoms with Crippen molar-refractivity contribution in [2.75, 3.05) is 0 Å². The Hall–Kier alpha value is -2.13. The Morgan fingerprint density at radius 3 is 2.61 bits per heavy atom. The summed E-state index contributed by atoms with van der Waals surface area (Å²) in [5.41, 5.74) is 4.69. The maximum atomic E-state index is 12.5. The Kier molecular flexibility index (Phi) is 4.22. The zero-order valence-corrected chi connectivity index (χ0v) is 14.3. The molecular formula is C19H19ClN2O. The number of aryl methyl sites for hydroxylation is 3. The number of rotatable bonds is 3. The molecule has 0 atom stereocenters. The summed E-state index contributed by atoms with van der Waals surface area (Å²) in [6.07, 6.45) is 0.843. The van der Waals surface area contributed by atoms with Crippen molar-refractivity contribution in [1.29, 1.82) is 0 Å². The van der Waals surface area contributed by atoms with E-state index in [1.807, 2.05) is 31.2 Å². The molecule has 0 radical (unpaired) electrons. The molecule has 118 valence electrons. The lowest BCUT2D eigenvalue weighted by Crippen LogP contribution is -2.20. The van der Waals surface area contributed by atoms with Crippen LogP contribution in [0.2, 0.25) is 5.02 Å². The van der Waals surface area contributed by atoms with Crippen molar-refractivity contribution < 1.29 is 0 Å². The van der Waals surface area contributed by atoms with Gasteiger partial charge >= 0.3 is 0 Å². The van der Waals surface area contributed by atoms with Gasteiger partial charge in [0.1, 0.15) is 5.65 Å². The van der Waals surface area contributed by atoms with Gasteiger partial charge in [-0.1, -0.05) is 30.7 Å². The van der Waals surface area contributed by atoms with Gasteiger partial charge in [0.15, 0.2) is 0 Å². The van der Waals surface area contributed by atoms with Gasteiger partial charge in [-0.2, -0.15) is 0 Å².